The fourth-order valence-electron chi connectivity index (χ4n) is 2.31. The second kappa shape index (κ2) is 6.22. The molecule has 2 aromatic carbocycles. The number of methoxy groups -OCH3 is 1. The lowest BCUT2D eigenvalue weighted by Gasteiger charge is -2.06. The van der Waals surface area contributed by atoms with Crippen LogP contribution in [0, 0.1) is 0 Å². The summed E-state index contributed by atoms with van der Waals surface area (Å²) in [5.41, 5.74) is 4.63. The number of aromatic nitrogens is 1. The van der Waals surface area contributed by atoms with Gasteiger partial charge in [0.05, 0.1) is 7.11 Å². The highest BCUT2D eigenvalue weighted by Gasteiger charge is 2.08. The predicted octanol–water partition coefficient (Wildman–Crippen LogP) is 4.20. The van der Waals surface area contributed by atoms with Crippen LogP contribution in [0.1, 0.15) is 10.5 Å². The number of carbonyl (C=O) groups excluding carboxylic acids is 1. The van der Waals surface area contributed by atoms with Gasteiger partial charge in [0, 0.05) is 6.20 Å². The van der Waals surface area contributed by atoms with E-state index in [2.05, 4.69) is 29.2 Å². The fraction of sp³-hybridized carbons (Fsp3) is 0.0526. The van der Waals surface area contributed by atoms with Gasteiger partial charge in [0.15, 0.2) is 0 Å². The minimum absolute atomic E-state index is 0.312. The van der Waals surface area contributed by atoms with Gasteiger partial charge in [0.25, 0.3) is 0 Å². The Hall–Kier alpha value is -2.94. The minimum atomic E-state index is -0.428. The van der Waals surface area contributed by atoms with Crippen LogP contribution < -0.4 is 0 Å². The Balaban J connectivity index is 1.92. The largest absolute Gasteiger partial charge is 0.464 e. The van der Waals surface area contributed by atoms with E-state index >= 15 is 0 Å². The van der Waals surface area contributed by atoms with Crippen LogP contribution in [-0.4, -0.2) is 18.1 Å². The molecule has 0 radical (unpaired) electrons. The summed E-state index contributed by atoms with van der Waals surface area (Å²) in [4.78, 5) is 15.6. The van der Waals surface area contributed by atoms with Crippen molar-refractivity contribution in [3.63, 3.8) is 0 Å². The highest BCUT2D eigenvalue weighted by atomic mass is 16.5. The predicted molar refractivity (Wildman–Crippen MR) is 86.4 cm³/mol. The molecule has 22 heavy (non-hydrogen) atoms. The second-order valence-electron chi connectivity index (χ2n) is 4.86. The van der Waals surface area contributed by atoms with Crippen molar-refractivity contribution < 1.29 is 9.53 Å². The average molecular weight is 289 g/mol. The maximum atomic E-state index is 11.6. The average Bonchev–Trinajstić information content (AvgIpc) is 2.62. The van der Waals surface area contributed by atoms with E-state index in [0.29, 0.717) is 5.69 Å². The maximum Gasteiger partial charge on any atom is 0.356 e. The first-order valence-electron chi connectivity index (χ1n) is 6.98. The number of nitrogens with zero attached hydrogens (tertiary/aromatic N) is 1. The Bertz CT molecular complexity index is 780. The van der Waals surface area contributed by atoms with Gasteiger partial charge in [-0.3, -0.25) is 0 Å². The molecule has 1 aromatic heterocycles. The molecule has 108 valence electrons. The molecule has 0 amide bonds. The number of rotatable bonds is 3. The van der Waals surface area contributed by atoms with Crippen molar-refractivity contribution in [1.29, 1.82) is 0 Å². The van der Waals surface area contributed by atoms with Crippen LogP contribution in [0.5, 0.6) is 0 Å². The zero-order valence-corrected chi connectivity index (χ0v) is 12.2. The molecule has 3 rings (SSSR count). The van der Waals surface area contributed by atoms with E-state index in [9.17, 15) is 4.79 Å². The molecule has 0 aliphatic rings. The topological polar surface area (TPSA) is 39.2 Å². The summed E-state index contributed by atoms with van der Waals surface area (Å²) in [5, 5.41) is 0. The van der Waals surface area contributed by atoms with Crippen LogP contribution in [0.25, 0.3) is 22.3 Å². The van der Waals surface area contributed by atoms with E-state index in [4.69, 9.17) is 4.74 Å². The normalized spacial score (nSPS) is 10.2. The van der Waals surface area contributed by atoms with Gasteiger partial charge in [0.1, 0.15) is 5.69 Å². The maximum absolute atomic E-state index is 11.6. The second-order valence-corrected chi connectivity index (χ2v) is 4.86. The van der Waals surface area contributed by atoms with Crippen molar-refractivity contribution in [2.24, 2.45) is 0 Å². The Kier molecular flexibility index (Phi) is 3.97. The molecule has 0 bridgehead atoms. The third kappa shape index (κ3) is 2.88. The highest BCUT2D eigenvalue weighted by Crippen LogP contribution is 2.25. The zero-order valence-electron chi connectivity index (χ0n) is 12.2. The van der Waals surface area contributed by atoms with Gasteiger partial charge in [-0.25, -0.2) is 9.78 Å². The van der Waals surface area contributed by atoms with Crippen molar-refractivity contribution in [3.8, 4) is 22.3 Å². The lowest BCUT2D eigenvalue weighted by molar-refractivity contribution is 0.0594. The molecule has 0 unspecified atom stereocenters. The Morgan fingerprint density at radius 1 is 0.818 bits per heavy atom. The van der Waals surface area contributed by atoms with Gasteiger partial charge >= 0.3 is 5.97 Å². The van der Waals surface area contributed by atoms with Crippen molar-refractivity contribution in [3.05, 3.63) is 78.6 Å². The molecule has 3 heteroatoms. The Morgan fingerprint density at radius 2 is 1.41 bits per heavy atom. The van der Waals surface area contributed by atoms with E-state index in [1.165, 1.54) is 12.7 Å². The third-order valence-corrected chi connectivity index (χ3v) is 3.48. The number of ether oxygens (including phenoxy) is 1. The van der Waals surface area contributed by atoms with Gasteiger partial charge in [-0.15, -0.1) is 0 Å². The summed E-state index contributed by atoms with van der Waals surface area (Å²) in [7, 11) is 1.35. The molecule has 0 spiro atoms. The first-order chi connectivity index (χ1) is 10.8. The SMILES string of the molecule is COC(=O)c1cc(-c2ccc(-c3ccccc3)cc2)ccn1. The molecule has 0 N–H and O–H groups in total. The molecule has 0 saturated carbocycles. The quantitative estimate of drug-likeness (QED) is 0.678. The summed E-state index contributed by atoms with van der Waals surface area (Å²) < 4.78 is 4.70. The van der Waals surface area contributed by atoms with E-state index in [0.717, 1.165) is 16.7 Å². The molecule has 3 nitrogen and oxygen atoms in total. The highest BCUT2D eigenvalue weighted by molar-refractivity contribution is 5.88. The summed E-state index contributed by atoms with van der Waals surface area (Å²) in [6, 6.07) is 22.1. The van der Waals surface area contributed by atoms with Crippen LogP contribution in [0.2, 0.25) is 0 Å². The van der Waals surface area contributed by atoms with Crippen molar-refractivity contribution in [2.75, 3.05) is 7.11 Å². The summed E-state index contributed by atoms with van der Waals surface area (Å²) >= 11 is 0. The van der Waals surface area contributed by atoms with Gasteiger partial charge in [-0.05, 0) is 34.4 Å². The number of carbonyl (C=O) groups is 1. The fourth-order valence-corrected chi connectivity index (χ4v) is 2.31. The zero-order chi connectivity index (χ0) is 15.4. The summed E-state index contributed by atoms with van der Waals surface area (Å²) in [6.45, 7) is 0. The van der Waals surface area contributed by atoms with Crippen LogP contribution >= 0.6 is 0 Å². The number of benzene rings is 2. The molecular formula is C19H15NO2. The number of pyridine rings is 1. The van der Waals surface area contributed by atoms with Crippen LogP contribution in [0.3, 0.4) is 0 Å². The summed E-state index contributed by atoms with van der Waals surface area (Å²) in [6.07, 6.45) is 1.62. The molecule has 0 atom stereocenters. The third-order valence-electron chi connectivity index (χ3n) is 3.48. The lowest BCUT2D eigenvalue weighted by atomic mass is 10.0. The van der Waals surface area contributed by atoms with Crippen molar-refractivity contribution in [2.45, 2.75) is 0 Å². The van der Waals surface area contributed by atoms with E-state index in [-0.39, 0.29) is 0 Å². The monoisotopic (exact) mass is 289 g/mol. The van der Waals surface area contributed by atoms with Gasteiger partial charge < -0.3 is 4.74 Å². The molecule has 0 aliphatic heterocycles. The Labute approximate surface area is 129 Å². The van der Waals surface area contributed by atoms with Crippen LogP contribution in [-0.2, 0) is 4.74 Å². The summed E-state index contributed by atoms with van der Waals surface area (Å²) in [5.74, 6) is -0.428. The molecule has 3 aromatic rings. The van der Waals surface area contributed by atoms with E-state index < -0.39 is 5.97 Å². The van der Waals surface area contributed by atoms with Crippen molar-refractivity contribution >= 4 is 5.97 Å². The van der Waals surface area contributed by atoms with Crippen molar-refractivity contribution in [1.82, 2.24) is 4.98 Å². The van der Waals surface area contributed by atoms with E-state index in [1.807, 2.05) is 36.4 Å². The van der Waals surface area contributed by atoms with Gasteiger partial charge in [0.2, 0.25) is 0 Å². The number of hydrogen-bond donors (Lipinski definition) is 0. The minimum Gasteiger partial charge on any atom is -0.464 e. The first kappa shape index (κ1) is 14.0. The van der Waals surface area contributed by atoms with Gasteiger partial charge in [-0.1, -0.05) is 54.6 Å². The smallest absolute Gasteiger partial charge is 0.356 e. The first-order valence-corrected chi connectivity index (χ1v) is 6.98. The Morgan fingerprint density at radius 3 is 2.05 bits per heavy atom. The number of esters is 1. The molecule has 0 fully saturated rings. The van der Waals surface area contributed by atoms with Crippen LogP contribution in [0.15, 0.2) is 72.9 Å². The standard InChI is InChI=1S/C19H15NO2/c1-22-19(21)18-13-17(11-12-20-18)16-9-7-15(8-10-16)14-5-3-2-4-6-14/h2-13H,1H3. The van der Waals surface area contributed by atoms with E-state index in [1.54, 1.807) is 12.3 Å². The van der Waals surface area contributed by atoms with Crippen LogP contribution in [0.4, 0.5) is 0 Å². The van der Waals surface area contributed by atoms with Gasteiger partial charge in [-0.2, -0.15) is 0 Å². The lowest BCUT2D eigenvalue weighted by Crippen LogP contribution is -2.03. The number of hydrogen-bond acceptors (Lipinski definition) is 3. The molecule has 0 saturated heterocycles. The molecule has 1 heterocycles. The molecule has 0 aliphatic carbocycles. The molecular weight excluding hydrogens is 274 g/mol.